The summed E-state index contributed by atoms with van der Waals surface area (Å²) in [5.41, 5.74) is 2.68. The van der Waals surface area contributed by atoms with E-state index in [1.165, 1.54) is 24.2 Å². The molecule has 3 nitrogen and oxygen atoms in total. The van der Waals surface area contributed by atoms with Gasteiger partial charge in [-0.15, -0.1) is 0 Å². The number of rotatable bonds is 3. The van der Waals surface area contributed by atoms with Crippen LogP contribution in [0.4, 0.5) is 11.4 Å². The molecular formula is C17H26N2O. The lowest BCUT2D eigenvalue weighted by molar-refractivity contribution is -0.177. The van der Waals surface area contributed by atoms with E-state index in [9.17, 15) is 0 Å². The molecular weight excluding hydrogens is 248 g/mol. The summed E-state index contributed by atoms with van der Waals surface area (Å²) >= 11 is 0. The molecule has 2 aliphatic rings. The summed E-state index contributed by atoms with van der Waals surface area (Å²) < 4.78 is 5.97. The maximum absolute atomic E-state index is 5.97. The Kier molecular flexibility index (Phi) is 3.41. The van der Waals surface area contributed by atoms with Crippen molar-refractivity contribution in [2.24, 2.45) is 11.3 Å². The van der Waals surface area contributed by atoms with Gasteiger partial charge >= 0.3 is 0 Å². The van der Waals surface area contributed by atoms with Crippen LogP contribution in [0, 0.1) is 11.3 Å². The van der Waals surface area contributed by atoms with Gasteiger partial charge in [-0.25, -0.2) is 0 Å². The van der Waals surface area contributed by atoms with E-state index in [1.807, 2.05) is 0 Å². The Morgan fingerprint density at radius 3 is 2.85 bits per heavy atom. The lowest BCUT2D eigenvalue weighted by Gasteiger charge is -2.60. The maximum atomic E-state index is 5.97. The predicted octanol–water partition coefficient (Wildman–Crippen LogP) is 3.37. The zero-order chi connectivity index (χ0) is 14.3. The molecule has 0 spiro atoms. The number of anilines is 2. The molecule has 0 amide bonds. The zero-order valence-corrected chi connectivity index (χ0v) is 13.0. The maximum Gasteiger partial charge on any atom is 0.0693 e. The second kappa shape index (κ2) is 4.96. The third kappa shape index (κ3) is 2.18. The number of hydrogen-bond acceptors (Lipinski definition) is 3. The van der Waals surface area contributed by atoms with Gasteiger partial charge < -0.3 is 15.0 Å². The quantitative estimate of drug-likeness (QED) is 0.914. The fourth-order valence-corrected chi connectivity index (χ4v) is 3.87. The number of nitrogens with zero attached hydrogens (tertiary/aromatic N) is 1. The van der Waals surface area contributed by atoms with Crippen LogP contribution in [-0.2, 0) is 4.74 Å². The lowest BCUT2D eigenvalue weighted by atomic mass is 9.55. The summed E-state index contributed by atoms with van der Waals surface area (Å²) in [7, 11) is 4.16. The van der Waals surface area contributed by atoms with Crippen LogP contribution in [0.5, 0.6) is 0 Å². The van der Waals surface area contributed by atoms with Crippen molar-refractivity contribution in [3.05, 3.63) is 24.3 Å². The van der Waals surface area contributed by atoms with Gasteiger partial charge in [0.2, 0.25) is 0 Å². The van der Waals surface area contributed by atoms with Crippen molar-refractivity contribution in [3.8, 4) is 0 Å². The molecule has 3 unspecified atom stereocenters. The molecule has 110 valence electrons. The zero-order valence-electron chi connectivity index (χ0n) is 13.0. The Labute approximate surface area is 122 Å². The molecule has 1 saturated carbocycles. The summed E-state index contributed by atoms with van der Waals surface area (Å²) in [6.45, 7) is 5.59. The van der Waals surface area contributed by atoms with Gasteiger partial charge in [0.05, 0.1) is 6.10 Å². The second-order valence-corrected chi connectivity index (χ2v) is 6.99. The van der Waals surface area contributed by atoms with E-state index in [2.05, 4.69) is 62.4 Å². The Balaban J connectivity index is 1.76. The third-order valence-corrected chi connectivity index (χ3v) is 5.02. The van der Waals surface area contributed by atoms with E-state index in [0.717, 1.165) is 6.61 Å². The molecule has 1 N–H and O–H groups in total. The minimum absolute atomic E-state index is 0.221. The van der Waals surface area contributed by atoms with Crippen molar-refractivity contribution in [2.75, 3.05) is 30.9 Å². The highest BCUT2D eigenvalue weighted by atomic mass is 16.5. The standard InChI is InChI=1S/C17H26N2O/c1-17(2)15(14-9-6-10-20-16(14)17)18-12-7-5-8-13(11-12)19(3)4/h5,7-8,11,14-16,18H,6,9-10H2,1-4H3. The molecule has 1 aromatic rings. The van der Waals surface area contributed by atoms with E-state index >= 15 is 0 Å². The van der Waals surface area contributed by atoms with Gasteiger partial charge in [0.1, 0.15) is 0 Å². The van der Waals surface area contributed by atoms with E-state index in [4.69, 9.17) is 4.74 Å². The summed E-state index contributed by atoms with van der Waals surface area (Å²) in [6, 6.07) is 9.18. The van der Waals surface area contributed by atoms with Crippen LogP contribution in [0.15, 0.2) is 24.3 Å². The summed E-state index contributed by atoms with van der Waals surface area (Å²) in [5, 5.41) is 3.76. The van der Waals surface area contributed by atoms with E-state index in [1.54, 1.807) is 0 Å². The van der Waals surface area contributed by atoms with Crippen molar-refractivity contribution < 1.29 is 4.74 Å². The lowest BCUT2D eigenvalue weighted by Crippen LogP contribution is -2.67. The molecule has 1 aliphatic heterocycles. The molecule has 1 heterocycles. The molecule has 1 aliphatic carbocycles. The number of hydrogen-bond donors (Lipinski definition) is 1. The summed E-state index contributed by atoms with van der Waals surface area (Å²) in [4.78, 5) is 2.14. The SMILES string of the molecule is CN(C)c1cccc(NC2C3CCCOC3C2(C)C)c1. The van der Waals surface area contributed by atoms with Crippen molar-refractivity contribution in [1.29, 1.82) is 0 Å². The van der Waals surface area contributed by atoms with Gasteiger partial charge in [0.25, 0.3) is 0 Å². The van der Waals surface area contributed by atoms with Crippen molar-refractivity contribution in [1.82, 2.24) is 0 Å². The first-order chi connectivity index (χ1) is 9.50. The van der Waals surface area contributed by atoms with Crippen LogP contribution in [0.3, 0.4) is 0 Å². The molecule has 0 bridgehead atoms. The van der Waals surface area contributed by atoms with Crippen LogP contribution in [0.2, 0.25) is 0 Å². The Morgan fingerprint density at radius 1 is 1.30 bits per heavy atom. The average molecular weight is 274 g/mol. The molecule has 1 aromatic carbocycles. The van der Waals surface area contributed by atoms with Crippen molar-refractivity contribution in [3.63, 3.8) is 0 Å². The molecule has 0 aromatic heterocycles. The average Bonchev–Trinajstić information content (AvgIpc) is 2.45. The van der Waals surface area contributed by atoms with Crippen LogP contribution in [0.25, 0.3) is 0 Å². The minimum Gasteiger partial charge on any atom is -0.381 e. The molecule has 3 atom stereocenters. The number of benzene rings is 1. The highest BCUT2D eigenvalue weighted by Gasteiger charge is 2.57. The number of nitrogens with one attached hydrogen (secondary N) is 1. The van der Waals surface area contributed by atoms with Gasteiger partial charge in [-0.3, -0.25) is 0 Å². The van der Waals surface area contributed by atoms with Crippen LogP contribution in [-0.4, -0.2) is 32.8 Å². The first-order valence-corrected chi connectivity index (χ1v) is 7.65. The monoisotopic (exact) mass is 274 g/mol. The first kappa shape index (κ1) is 13.7. The molecule has 3 heteroatoms. The highest BCUT2D eigenvalue weighted by Crippen LogP contribution is 2.52. The molecule has 2 fully saturated rings. The Hall–Kier alpha value is -1.22. The topological polar surface area (TPSA) is 24.5 Å². The molecule has 1 saturated heterocycles. The third-order valence-electron chi connectivity index (χ3n) is 5.02. The van der Waals surface area contributed by atoms with Gasteiger partial charge in [0, 0.05) is 49.5 Å². The molecule has 3 rings (SSSR count). The normalized spacial score (nSPS) is 31.1. The Bertz CT molecular complexity index is 484. The van der Waals surface area contributed by atoms with Crippen LogP contribution >= 0.6 is 0 Å². The van der Waals surface area contributed by atoms with Crippen LogP contribution < -0.4 is 10.2 Å². The van der Waals surface area contributed by atoms with E-state index in [-0.39, 0.29) is 5.41 Å². The predicted molar refractivity (Wildman–Crippen MR) is 84.4 cm³/mol. The van der Waals surface area contributed by atoms with Gasteiger partial charge in [-0.05, 0) is 31.0 Å². The second-order valence-electron chi connectivity index (χ2n) is 6.99. The fraction of sp³-hybridized carbons (Fsp3) is 0.647. The van der Waals surface area contributed by atoms with E-state index in [0.29, 0.717) is 18.1 Å². The molecule has 20 heavy (non-hydrogen) atoms. The summed E-state index contributed by atoms with van der Waals surface area (Å²) in [5.74, 6) is 0.668. The van der Waals surface area contributed by atoms with Gasteiger partial charge in [0.15, 0.2) is 0 Å². The molecule has 0 radical (unpaired) electrons. The number of ether oxygens (including phenoxy) is 1. The van der Waals surface area contributed by atoms with Crippen LogP contribution in [0.1, 0.15) is 26.7 Å². The van der Waals surface area contributed by atoms with Gasteiger partial charge in [-0.1, -0.05) is 19.9 Å². The summed E-state index contributed by atoms with van der Waals surface area (Å²) in [6.07, 6.45) is 2.93. The van der Waals surface area contributed by atoms with Gasteiger partial charge in [-0.2, -0.15) is 0 Å². The Morgan fingerprint density at radius 2 is 2.10 bits per heavy atom. The number of fused-ring (bicyclic) bond motifs is 1. The fourth-order valence-electron chi connectivity index (χ4n) is 3.87. The largest absolute Gasteiger partial charge is 0.381 e. The first-order valence-electron chi connectivity index (χ1n) is 7.65. The van der Waals surface area contributed by atoms with E-state index < -0.39 is 0 Å². The minimum atomic E-state index is 0.221. The smallest absolute Gasteiger partial charge is 0.0693 e. The highest BCUT2D eigenvalue weighted by molar-refractivity contribution is 5.58. The van der Waals surface area contributed by atoms with Crippen molar-refractivity contribution >= 4 is 11.4 Å². The van der Waals surface area contributed by atoms with Crippen molar-refractivity contribution in [2.45, 2.75) is 38.8 Å².